The molecule has 0 atom stereocenters. The summed E-state index contributed by atoms with van der Waals surface area (Å²) in [7, 11) is 0. The van der Waals surface area contributed by atoms with Crippen LogP contribution in [0.25, 0.3) is 0 Å². The van der Waals surface area contributed by atoms with E-state index in [9.17, 15) is 29.4 Å². The van der Waals surface area contributed by atoms with E-state index in [2.05, 4.69) is 30.2 Å². The van der Waals surface area contributed by atoms with Crippen molar-refractivity contribution in [2.75, 3.05) is 89.4 Å². The molecule has 0 aromatic heterocycles. The Morgan fingerprint density at radius 2 is 0.764 bits per heavy atom. The first-order valence-corrected chi connectivity index (χ1v) is 19.2. The molecule has 4 aromatic carbocycles. The molecule has 2 heterocycles. The zero-order chi connectivity index (χ0) is 38.1. The highest BCUT2D eigenvalue weighted by Gasteiger charge is 2.35. The van der Waals surface area contributed by atoms with E-state index in [0.29, 0.717) is 46.7 Å². The minimum absolute atomic E-state index is 0.0786. The molecule has 0 unspecified atom stereocenters. The Hall–Kier alpha value is -5.40. The largest absolute Gasteiger partial charge is 0.507 e. The lowest BCUT2D eigenvalue weighted by atomic mass is 9.82. The Morgan fingerprint density at radius 1 is 0.436 bits per heavy atom. The molecule has 8 rings (SSSR count). The van der Waals surface area contributed by atoms with Crippen LogP contribution in [0, 0.1) is 0 Å². The molecule has 12 heteroatoms. The van der Waals surface area contributed by atoms with Gasteiger partial charge in [-0.15, -0.1) is 0 Å². The van der Waals surface area contributed by atoms with E-state index in [4.69, 9.17) is 0 Å². The van der Waals surface area contributed by atoms with Crippen molar-refractivity contribution in [3.05, 3.63) is 117 Å². The quantitative estimate of drug-likeness (QED) is 0.0922. The molecule has 4 N–H and O–H groups in total. The van der Waals surface area contributed by atoms with Crippen molar-refractivity contribution in [1.82, 2.24) is 19.6 Å². The molecule has 0 amide bonds. The average Bonchev–Trinajstić information content (AvgIpc) is 3.86. The summed E-state index contributed by atoms with van der Waals surface area (Å²) >= 11 is 0. The Bertz CT molecular complexity index is 2020. The third-order valence-corrected chi connectivity index (χ3v) is 11.3. The fourth-order valence-corrected chi connectivity index (χ4v) is 8.42. The number of fused-ring (bicyclic) bond motifs is 4. The predicted molar refractivity (Wildman–Crippen MR) is 210 cm³/mol. The highest BCUT2D eigenvalue weighted by atomic mass is 16.3. The second-order valence-corrected chi connectivity index (χ2v) is 14.8. The van der Waals surface area contributed by atoms with Crippen LogP contribution in [0.3, 0.4) is 0 Å². The van der Waals surface area contributed by atoms with E-state index >= 15 is 0 Å². The first-order chi connectivity index (χ1) is 26.8. The Kier molecular flexibility index (Phi) is 10.5. The van der Waals surface area contributed by atoms with Gasteiger partial charge < -0.3 is 20.8 Å². The normalized spacial score (nSPS) is 17.3. The van der Waals surface area contributed by atoms with Crippen molar-refractivity contribution < 1.29 is 29.4 Å². The Morgan fingerprint density at radius 3 is 1.13 bits per heavy atom. The highest BCUT2D eigenvalue weighted by molar-refractivity contribution is 6.32. The van der Waals surface area contributed by atoms with E-state index in [0.717, 1.165) is 85.0 Å². The van der Waals surface area contributed by atoms with Crippen LogP contribution in [0.15, 0.2) is 72.8 Å². The number of nitrogens with zero attached hydrogens (tertiary/aromatic N) is 4. The first-order valence-electron chi connectivity index (χ1n) is 19.2. The molecule has 0 spiro atoms. The smallest absolute Gasteiger partial charge is 0.198 e. The van der Waals surface area contributed by atoms with Gasteiger partial charge in [-0.3, -0.25) is 38.8 Å². The molecule has 4 aliphatic rings. The van der Waals surface area contributed by atoms with E-state index in [-0.39, 0.29) is 56.9 Å². The summed E-state index contributed by atoms with van der Waals surface area (Å²) in [5, 5.41) is 27.7. The average molecular weight is 743 g/mol. The molecule has 284 valence electrons. The van der Waals surface area contributed by atoms with Crippen molar-refractivity contribution >= 4 is 34.5 Å². The summed E-state index contributed by atoms with van der Waals surface area (Å²) in [6.07, 6.45) is 2.87. The van der Waals surface area contributed by atoms with Crippen molar-refractivity contribution in [2.45, 2.75) is 19.3 Å². The minimum Gasteiger partial charge on any atom is -0.507 e. The molecule has 2 fully saturated rings. The summed E-state index contributed by atoms with van der Waals surface area (Å²) < 4.78 is 0. The number of rotatable bonds is 14. The maximum absolute atomic E-state index is 13.3. The lowest BCUT2D eigenvalue weighted by Gasteiger charge is -2.22. The van der Waals surface area contributed by atoms with Gasteiger partial charge in [0, 0.05) is 99.1 Å². The molecular formula is C43H46N6O6. The van der Waals surface area contributed by atoms with Gasteiger partial charge in [0.25, 0.3) is 0 Å². The zero-order valence-corrected chi connectivity index (χ0v) is 30.9. The number of aromatic hydroxyl groups is 2. The maximum atomic E-state index is 13.3. The van der Waals surface area contributed by atoms with E-state index in [1.165, 1.54) is 12.1 Å². The number of carbonyl (C=O) groups is 4. The van der Waals surface area contributed by atoms with Gasteiger partial charge in [-0.2, -0.15) is 0 Å². The fourth-order valence-electron chi connectivity index (χ4n) is 8.42. The molecule has 55 heavy (non-hydrogen) atoms. The number of hydrogen-bond donors (Lipinski definition) is 4. The lowest BCUT2D eigenvalue weighted by Crippen LogP contribution is -2.31. The summed E-state index contributed by atoms with van der Waals surface area (Å²) in [4.78, 5) is 62.8. The van der Waals surface area contributed by atoms with Gasteiger partial charge in [0.2, 0.25) is 0 Å². The van der Waals surface area contributed by atoms with Gasteiger partial charge in [0.1, 0.15) is 11.5 Å². The third kappa shape index (κ3) is 7.26. The SMILES string of the molecule is O=C1c2ccccc2C(=O)c2c(NCCCN3CCN(CCCN4CCN(CCCNc5ccc(O)c6c5C(=O)c5ccccc5C6=O)C4)C3)ccc(O)c21. The summed E-state index contributed by atoms with van der Waals surface area (Å²) in [6, 6.07) is 19.9. The van der Waals surface area contributed by atoms with Crippen molar-refractivity contribution in [3.63, 3.8) is 0 Å². The second kappa shape index (κ2) is 15.8. The number of ketones is 4. The van der Waals surface area contributed by atoms with Crippen LogP contribution in [-0.4, -0.2) is 132 Å². The number of carbonyl (C=O) groups excluding carboxylic acids is 4. The standard InChI is InChI=1S/C43H46N6O6/c50-34-14-12-32(36-38(34)42(54)30-10-3-1-8-28(30)40(36)52)44-16-5-18-46-22-24-48(26-46)20-7-21-49-25-23-47(27-49)19-6-17-45-33-13-15-35(51)39-37(33)41(53)29-9-2-4-11-31(29)43(39)55/h1-4,8-15,44-45,50-51H,5-7,16-27H2. The monoisotopic (exact) mass is 742 g/mol. The number of anilines is 2. The fraction of sp³-hybridized carbons (Fsp3) is 0.349. The van der Waals surface area contributed by atoms with E-state index in [1.807, 2.05) is 0 Å². The highest BCUT2D eigenvalue weighted by Crippen LogP contribution is 2.38. The van der Waals surface area contributed by atoms with E-state index < -0.39 is 0 Å². The number of hydrogen-bond acceptors (Lipinski definition) is 12. The van der Waals surface area contributed by atoms with E-state index in [1.54, 1.807) is 60.7 Å². The van der Waals surface area contributed by atoms with Gasteiger partial charge in [0.05, 0.1) is 35.6 Å². The van der Waals surface area contributed by atoms with Gasteiger partial charge in [0.15, 0.2) is 23.1 Å². The van der Waals surface area contributed by atoms with Crippen molar-refractivity contribution in [3.8, 4) is 11.5 Å². The number of nitrogens with one attached hydrogen (secondary N) is 2. The molecule has 2 aliphatic heterocycles. The maximum Gasteiger partial charge on any atom is 0.198 e. The Balaban J connectivity index is 0.726. The first kappa shape index (κ1) is 36.6. The second-order valence-electron chi connectivity index (χ2n) is 14.8. The third-order valence-electron chi connectivity index (χ3n) is 11.3. The number of benzene rings is 4. The van der Waals surface area contributed by atoms with Crippen LogP contribution in [0.4, 0.5) is 11.4 Å². The van der Waals surface area contributed by atoms with Crippen LogP contribution in [-0.2, 0) is 0 Å². The van der Waals surface area contributed by atoms with Gasteiger partial charge >= 0.3 is 0 Å². The molecule has 12 nitrogen and oxygen atoms in total. The van der Waals surface area contributed by atoms with Crippen LogP contribution >= 0.6 is 0 Å². The molecule has 0 saturated carbocycles. The number of phenolic OH excluding ortho intramolecular Hbond substituents is 2. The predicted octanol–water partition coefficient (Wildman–Crippen LogP) is 4.49. The zero-order valence-electron chi connectivity index (χ0n) is 30.9. The summed E-state index contributed by atoms with van der Waals surface area (Å²) in [6.45, 7) is 11.3. The molecule has 4 aromatic rings. The molecule has 2 aliphatic carbocycles. The number of phenols is 2. The van der Waals surface area contributed by atoms with Gasteiger partial charge in [-0.1, -0.05) is 48.5 Å². The molecule has 0 bridgehead atoms. The lowest BCUT2D eigenvalue weighted by molar-refractivity contribution is 0.0977. The summed E-state index contributed by atoms with van der Waals surface area (Å²) in [5.41, 5.74) is 3.22. The van der Waals surface area contributed by atoms with Gasteiger partial charge in [-0.05, 0) is 43.5 Å². The van der Waals surface area contributed by atoms with Crippen LogP contribution in [0.5, 0.6) is 11.5 Å². The molecule has 0 radical (unpaired) electrons. The molecular weight excluding hydrogens is 697 g/mol. The summed E-state index contributed by atoms with van der Waals surface area (Å²) in [5.74, 6) is -1.49. The van der Waals surface area contributed by atoms with Crippen LogP contribution < -0.4 is 10.6 Å². The topological polar surface area (TPSA) is 146 Å². The van der Waals surface area contributed by atoms with Crippen molar-refractivity contribution in [1.29, 1.82) is 0 Å². The molecule has 2 saturated heterocycles. The van der Waals surface area contributed by atoms with Crippen molar-refractivity contribution in [2.24, 2.45) is 0 Å². The van der Waals surface area contributed by atoms with Gasteiger partial charge in [-0.25, -0.2) is 0 Å². The van der Waals surface area contributed by atoms with Crippen LogP contribution in [0.2, 0.25) is 0 Å². The van der Waals surface area contributed by atoms with Crippen LogP contribution in [0.1, 0.15) is 82.9 Å². The Labute approximate surface area is 320 Å². The minimum atomic E-state index is -0.326.